The summed E-state index contributed by atoms with van der Waals surface area (Å²) in [7, 11) is 3.31. The van der Waals surface area contributed by atoms with Gasteiger partial charge in [-0.3, -0.25) is 9.69 Å². The van der Waals surface area contributed by atoms with E-state index in [1.165, 1.54) is 5.56 Å². The summed E-state index contributed by atoms with van der Waals surface area (Å²) < 4.78 is 10.6. The largest absolute Gasteiger partial charge is 0.493 e. The van der Waals surface area contributed by atoms with E-state index >= 15 is 0 Å². The summed E-state index contributed by atoms with van der Waals surface area (Å²) in [5, 5.41) is 0. The van der Waals surface area contributed by atoms with Gasteiger partial charge in [0, 0.05) is 38.6 Å². The SMILES string of the molecule is COc1ccc(CCN2CCN(C(=O)C(C)C)CC2)cc1OC. The van der Waals surface area contributed by atoms with Gasteiger partial charge in [-0.05, 0) is 24.1 Å². The van der Waals surface area contributed by atoms with Gasteiger partial charge in [0.05, 0.1) is 14.2 Å². The number of carbonyl (C=O) groups is 1. The molecule has 0 spiro atoms. The maximum absolute atomic E-state index is 12.0. The second-order valence-electron chi connectivity index (χ2n) is 6.26. The molecule has 1 heterocycles. The minimum absolute atomic E-state index is 0.0910. The fourth-order valence-electron chi connectivity index (χ4n) is 2.88. The topological polar surface area (TPSA) is 42.0 Å². The smallest absolute Gasteiger partial charge is 0.225 e. The first kappa shape index (κ1) is 17.6. The summed E-state index contributed by atoms with van der Waals surface area (Å²) in [6.45, 7) is 8.50. The van der Waals surface area contributed by atoms with Gasteiger partial charge in [0.1, 0.15) is 0 Å². The Kier molecular flexibility index (Phi) is 6.28. The quantitative estimate of drug-likeness (QED) is 0.804. The number of amides is 1. The highest BCUT2D eigenvalue weighted by Crippen LogP contribution is 2.27. The first-order chi connectivity index (χ1) is 11.0. The molecule has 0 unspecified atom stereocenters. The molecule has 1 aromatic rings. The fourth-order valence-corrected chi connectivity index (χ4v) is 2.88. The number of piperazine rings is 1. The number of hydrogen-bond donors (Lipinski definition) is 0. The normalized spacial score (nSPS) is 15.8. The summed E-state index contributed by atoms with van der Waals surface area (Å²) >= 11 is 0. The molecule has 1 aliphatic rings. The second-order valence-corrected chi connectivity index (χ2v) is 6.26. The lowest BCUT2D eigenvalue weighted by Gasteiger charge is -2.35. The molecule has 0 aromatic heterocycles. The van der Waals surface area contributed by atoms with Gasteiger partial charge in [0.2, 0.25) is 5.91 Å². The third-order valence-electron chi connectivity index (χ3n) is 4.34. The standard InChI is InChI=1S/C18H28N2O3/c1-14(2)18(21)20-11-9-19(10-12-20)8-7-15-5-6-16(22-3)17(13-15)23-4/h5-6,13-14H,7-12H2,1-4H3. The lowest BCUT2D eigenvalue weighted by molar-refractivity contribution is -0.136. The van der Waals surface area contributed by atoms with Crippen LogP contribution in [-0.2, 0) is 11.2 Å². The summed E-state index contributed by atoms with van der Waals surface area (Å²) in [5.74, 6) is 1.90. The van der Waals surface area contributed by atoms with Crippen LogP contribution in [0.3, 0.4) is 0 Å². The van der Waals surface area contributed by atoms with E-state index in [1.54, 1.807) is 14.2 Å². The summed E-state index contributed by atoms with van der Waals surface area (Å²) in [4.78, 5) is 16.4. The van der Waals surface area contributed by atoms with Gasteiger partial charge in [0.15, 0.2) is 11.5 Å². The van der Waals surface area contributed by atoms with Crippen molar-refractivity contribution in [3.8, 4) is 11.5 Å². The Morgan fingerprint density at radius 2 is 1.74 bits per heavy atom. The molecule has 2 rings (SSSR count). The van der Waals surface area contributed by atoms with E-state index in [0.29, 0.717) is 0 Å². The molecular formula is C18H28N2O3. The van der Waals surface area contributed by atoms with Crippen molar-refractivity contribution in [2.75, 3.05) is 46.9 Å². The first-order valence-corrected chi connectivity index (χ1v) is 8.27. The Hall–Kier alpha value is -1.75. The van der Waals surface area contributed by atoms with Crippen LogP contribution < -0.4 is 9.47 Å². The van der Waals surface area contributed by atoms with E-state index in [2.05, 4.69) is 11.0 Å². The van der Waals surface area contributed by atoms with Gasteiger partial charge >= 0.3 is 0 Å². The van der Waals surface area contributed by atoms with Crippen molar-refractivity contribution in [1.29, 1.82) is 0 Å². The molecule has 1 saturated heterocycles. The molecule has 23 heavy (non-hydrogen) atoms. The van der Waals surface area contributed by atoms with Crippen molar-refractivity contribution in [2.45, 2.75) is 20.3 Å². The van der Waals surface area contributed by atoms with Crippen LogP contribution in [-0.4, -0.2) is 62.7 Å². The van der Waals surface area contributed by atoms with Crippen LogP contribution in [0.15, 0.2) is 18.2 Å². The molecule has 1 fully saturated rings. The average Bonchev–Trinajstić information content (AvgIpc) is 2.59. The van der Waals surface area contributed by atoms with E-state index in [4.69, 9.17) is 9.47 Å². The molecule has 0 bridgehead atoms. The molecular weight excluding hydrogens is 292 g/mol. The molecule has 0 aliphatic carbocycles. The van der Waals surface area contributed by atoms with Crippen LogP contribution in [0.2, 0.25) is 0 Å². The molecule has 0 saturated carbocycles. The lowest BCUT2D eigenvalue weighted by atomic mass is 10.1. The first-order valence-electron chi connectivity index (χ1n) is 8.27. The Morgan fingerprint density at radius 3 is 2.30 bits per heavy atom. The predicted molar refractivity (Wildman–Crippen MR) is 91.1 cm³/mol. The van der Waals surface area contributed by atoms with Crippen LogP contribution in [0.4, 0.5) is 0 Å². The van der Waals surface area contributed by atoms with Gasteiger partial charge < -0.3 is 14.4 Å². The minimum Gasteiger partial charge on any atom is -0.493 e. The summed E-state index contributed by atoms with van der Waals surface area (Å²) in [6.07, 6.45) is 0.971. The Labute approximate surface area is 139 Å². The Balaban J connectivity index is 1.82. The third kappa shape index (κ3) is 4.61. The van der Waals surface area contributed by atoms with Crippen molar-refractivity contribution >= 4 is 5.91 Å². The lowest BCUT2D eigenvalue weighted by Crippen LogP contribution is -2.50. The van der Waals surface area contributed by atoms with Crippen LogP contribution in [0.5, 0.6) is 11.5 Å². The van der Waals surface area contributed by atoms with Crippen LogP contribution in [0, 0.1) is 5.92 Å². The highest BCUT2D eigenvalue weighted by molar-refractivity contribution is 5.78. The number of rotatable bonds is 6. The summed E-state index contributed by atoms with van der Waals surface area (Å²) in [6, 6.07) is 6.07. The van der Waals surface area contributed by atoms with Crippen LogP contribution in [0.25, 0.3) is 0 Å². The number of hydrogen-bond acceptors (Lipinski definition) is 4. The number of benzene rings is 1. The van der Waals surface area contributed by atoms with Crippen molar-refractivity contribution in [3.05, 3.63) is 23.8 Å². The molecule has 1 aliphatic heterocycles. The van der Waals surface area contributed by atoms with E-state index in [0.717, 1.165) is 50.6 Å². The second kappa shape index (κ2) is 8.20. The number of nitrogens with zero attached hydrogens (tertiary/aromatic N) is 2. The van der Waals surface area contributed by atoms with E-state index in [9.17, 15) is 4.79 Å². The average molecular weight is 320 g/mol. The molecule has 1 aromatic carbocycles. The monoisotopic (exact) mass is 320 g/mol. The van der Waals surface area contributed by atoms with Gasteiger partial charge in [-0.15, -0.1) is 0 Å². The molecule has 5 heteroatoms. The molecule has 0 radical (unpaired) electrons. The maximum Gasteiger partial charge on any atom is 0.225 e. The van der Waals surface area contributed by atoms with Crippen LogP contribution in [0.1, 0.15) is 19.4 Å². The van der Waals surface area contributed by atoms with Crippen LogP contribution >= 0.6 is 0 Å². The van der Waals surface area contributed by atoms with Crippen molar-refractivity contribution < 1.29 is 14.3 Å². The number of methoxy groups -OCH3 is 2. The Morgan fingerprint density at radius 1 is 1.09 bits per heavy atom. The molecule has 1 amide bonds. The molecule has 0 N–H and O–H groups in total. The minimum atomic E-state index is 0.0910. The molecule has 5 nitrogen and oxygen atoms in total. The van der Waals surface area contributed by atoms with Gasteiger partial charge in [-0.2, -0.15) is 0 Å². The highest BCUT2D eigenvalue weighted by Gasteiger charge is 2.22. The zero-order valence-corrected chi connectivity index (χ0v) is 14.7. The number of carbonyl (C=O) groups excluding carboxylic acids is 1. The zero-order valence-electron chi connectivity index (χ0n) is 14.7. The molecule has 0 atom stereocenters. The van der Waals surface area contributed by atoms with Crippen molar-refractivity contribution in [2.24, 2.45) is 5.92 Å². The van der Waals surface area contributed by atoms with Crippen molar-refractivity contribution in [1.82, 2.24) is 9.80 Å². The molecule has 128 valence electrons. The van der Waals surface area contributed by atoms with E-state index in [1.807, 2.05) is 30.9 Å². The van der Waals surface area contributed by atoms with E-state index in [-0.39, 0.29) is 11.8 Å². The van der Waals surface area contributed by atoms with Gasteiger partial charge in [0.25, 0.3) is 0 Å². The zero-order chi connectivity index (χ0) is 16.8. The fraction of sp³-hybridized carbons (Fsp3) is 0.611. The van der Waals surface area contributed by atoms with Gasteiger partial charge in [-0.25, -0.2) is 0 Å². The maximum atomic E-state index is 12.0. The third-order valence-corrected chi connectivity index (χ3v) is 4.34. The predicted octanol–water partition coefficient (Wildman–Crippen LogP) is 2.05. The highest BCUT2D eigenvalue weighted by atomic mass is 16.5. The Bertz CT molecular complexity index is 523. The van der Waals surface area contributed by atoms with Gasteiger partial charge in [-0.1, -0.05) is 19.9 Å². The van der Waals surface area contributed by atoms with E-state index < -0.39 is 0 Å². The summed E-state index contributed by atoms with van der Waals surface area (Å²) in [5.41, 5.74) is 1.24. The number of ether oxygens (including phenoxy) is 2. The van der Waals surface area contributed by atoms with Crippen molar-refractivity contribution in [3.63, 3.8) is 0 Å².